The number of nitro groups is 1. The van der Waals surface area contributed by atoms with E-state index in [9.17, 15) is 10.1 Å². The van der Waals surface area contributed by atoms with Crippen LogP contribution < -0.4 is 0 Å². The fraction of sp³-hybridized carbons (Fsp3) is 0.600. The highest BCUT2D eigenvalue weighted by molar-refractivity contribution is 7.99. The maximum absolute atomic E-state index is 10.4. The van der Waals surface area contributed by atoms with Crippen molar-refractivity contribution >= 4 is 34.9 Å². The molecule has 2 unspecified atom stereocenters. The molecule has 7 heteroatoms. The Kier molecular flexibility index (Phi) is 3.05. The summed E-state index contributed by atoms with van der Waals surface area (Å²) in [6.45, 7) is 0. The average molecular weight is 208 g/mol. The van der Waals surface area contributed by atoms with Gasteiger partial charge in [0.05, 0.1) is 6.21 Å². The van der Waals surface area contributed by atoms with Crippen molar-refractivity contribution in [3.05, 3.63) is 10.1 Å². The van der Waals surface area contributed by atoms with Gasteiger partial charge in [0.2, 0.25) is 5.29 Å². The molecule has 12 heavy (non-hydrogen) atoms. The van der Waals surface area contributed by atoms with Gasteiger partial charge in [0.25, 0.3) is 6.04 Å². The largest absolute Gasteiger partial charge is 0.279 e. The number of thioether (sulfide) groups is 1. The standard InChI is InChI=1S/C5H6ClN3O2S/c1-12-4-3(9(10)11)2-7-5(6)8-4/h2-4H,1H3. The van der Waals surface area contributed by atoms with Gasteiger partial charge in [-0.05, 0) is 17.9 Å². The second-order valence-corrected chi connectivity index (χ2v) is 3.37. The van der Waals surface area contributed by atoms with Gasteiger partial charge in [-0.2, -0.15) is 0 Å². The molecule has 1 rings (SSSR count). The Morgan fingerprint density at radius 2 is 2.50 bits per heavy atom. The van der Waals surface area contributed by atoms with Crippen molar-refractivity contribution in [2.45, 2.75) is 11.4 Å². The minimum absolute atomic E-state index is 0.0763. The molecular formula is C5H6ClN3O2S. The monoisotopic (exact) mass is 207 g/mol. The second-order valence-electron chi connectivity index (χ2n) is 2.08. The summed E-state index contributed by atoms with van der Waals surface area (Å²) in [5.74, 6) is 0. The first-order valence-electron chi connectivity index (χ1n) is 3.09. The molecule has 0 fully saturated rings. The van der Waals surface area contributed by atoms with Crippen molar-refractivity contribution in [2.75, 3.05) is 6.26 Å². The Labute approximate surface area is 78.1 Å². The van der Waals surface area contributed by atoms with Crippen molar-refractivity contribution in [2.24, 2.45) is 9.98 Å². The molecule has 5 nitrogen and oxygen atoms in total. The van der Waals surface area contributed by atoms with E-state index in [2.05, 4.69) is 9.98 Å². The van der Waals surface area contributed by atoms with Gasteiger partial charge in [0, 0.05) is 4.92 Å². The lowest BCUT2D eigenvalue weighted by molar-refractivity contribution is -0.500. The molecule has 0 saturated heterocycles. The summed E-state index contributed by atoms with van der Waals surface area (Å²) in [5, 5.41) is 10.0. The molecule has 0 aliphatic carbocycles. The third-order valence-electron chi connectivity index (χ3n) is 1.34. The zero-order valence-corrected chi connectivity index (χ0v) is 7.75. The normalized spacial score (nSPS) is 28.3. The van der Waals surface area contributed by atoms with Crippen LogP contribution in [0.3, 0.4) is 0 Å². The molecule has 0 aromatic heterocycles. The molecule has 0 aromatic rings. The van der Waals surface area contributed by atoms with Crippen LogP contribution >= 0.6 is 23.4 Å². The van der Waals surface area contributed by atoms with Crippen molar-refractivity contribution < 1.29 is 4.92 Å². The number of aliphatic imine (C=N–C) groups is 2. The first kappa shape index (κ1) is 9.47. The van der Waals surface area contributed by atoms with Crippen molar-refractivity contribution in [1.29, 1.82) is 0 Å². The summed E-state index contributed by atoms with van der Waals surface area (Å²) in [4.78, 5) is 17.4. The molecule has 66 valence electrons. The zero-order valence-electron chi connectivity index (χ0n) is 6.18. The van der Waals surface area contributed by atoms with Gasteiger partial charge < -0.3 is 0 Å². The summed E-state index contributed by atoms with van der Waals surface area (Å²) in [6.07, 6.45) is 2.96. The number of halogens is 1. The van der Waals surface area contributed by atoms with Crippen molar-refractivity contribution in [3.8, 4) is 0 Å². The molecule has 1 heterocycles. The predicted molar refractivity (Wildman–Crippen MR) is 49.9 cm³/mol. The van der Waals surface area contributed by atoms with Crippen LogP contribution in [0.15, 0.2) is 9.98 Å². The van der Waals surface area contributed by atoms with E-state index in [1.165, 1.54) is 18.0 Å². The van der Waals surface area contributed by atoms with E-state index in [4.69, 9.17) is 11.6 Å². The second kappa shape index (κ2) is 3.86. The number of hydrogen-bond donors (Lipinski definition) is 0. The maximum atomic E-state index is 10.4. The van der Waals surface area contributed by atoms with Gasteiger partial charge in [0.1, 0.15) is 0 Å². The average Bonchev–Trinajstić information content (AvgIpc) is 2.03. The van der Waals surface area contributed by atoms with Crippen LogP contribution in [0.5, 0.6) is 0 Å². The van der Waals surface area contributed by atoms with E-state index in [-0.39, 0.29) is 5.29 Å². The van der Waals surface area contributed by atoms with Crippen LogP contribution in [0.25, 0.3) is 0 Å². The summed E-state index contributed by atoms with van der Waals surface area (Å²) in [5.41, 5.74) is 0. The third kappa shape index (κ3) is 1.95. The minimum Gasteiger partial charge on any atom is -0.264 e. The van der Waals surface area contributed by atoms with Crippen LogP contribution in [0.2, 0.25) is 0 Å². The molecule has 0 spiro atoms. The molecule has 0 radical (unpaired) electrons. The molecule has 0 saturated carbocycles. The summed E-state index contributed by atoms with van der Waals surface area (Å²) >= 11 is 6.76. The molecule has 2 atom stereocenters. The topological polar surface area (TPSA) is 67.9 Å². The van der Waals surface area contributed by atoms with E-state index < -0.39 is 16.3 Å². The lowest BCUT2D eigenvalue weighted by Gasteiger charge is -2.14. The molecule has 0 aromatic carbocycles. The van der Waals surface area contributed by atoms with Crippen LogP contribution in [0.4, 0.5) is 0 Å². The Morgan fingerprint density at radius 1 is 1.83 bits per heavy atom. The molecular weight excluding hydrogens is 202 g/mol. The fourth-order valence-corrected chi connectivity index (χ4v) is 1.65. The smallest absolute Gasteiger partial charge is 0.264 e. The van der Waals surface area contributed by atoms with Crippen LogP contribution in [0, 0.1) is 10.1 Å². The van der Waals surface area contributed by atoms with Crippen LogP contribution in [-0.4, -0.2) is 34.1 Å². The SMILES string of the molecule is CSC1N=C(Cl)N=CC1[N+](=O)[O-]. The number of amidine groups is 1. The Morgan fingerprint density at radius 3 is 3.00 bits per heavy atom. The number of nitrogens with zero attached hydrogens (tertiary/aromatic N) is 3. The van der Waals surface area contributed by atoms with Crippen molar-refractivity contribution in [1.82, 2.24) is 0 Å². The molecule has 0 bridgehead atoms. The van der Waals surface area contributed by atoms with Gasteiger partial charge in [-0.1, -0.05) is 0 Å². The molecule has 0 N–H and O–H groups in total. The van der Waals surface area contributed by atoms with Crippen molar-refractivity contribution in [3.63, 3.8) is 0 Å². The Bertz CT molecular complexity index is 255. The fourth-order valence-electron chi connectivity index (χ4n) is 0.777. The Balaban J connectivity index is 2.79. The van der Waals surface area contributed by atoms with Crippen LogP contribution in [0.1, 0.15) is 0 Å². The third-order valence-corrected chi connectivity index (χ3v) is 2.41. The van der Waals surface area contributed by atoms with Gasteiger partial charge in [-0.25, -0.2) is 9.98 Å². The lowest BCUT2D eigenvalue weighted by atomic mass is 10.3. The summed E-state index contributed by atoms with van der Waals surface area (Å²) in [6, 6.07) is -0.859. The highest BCUT2D eigenvalue weighted by Crippen LogP contribution is 2.18. The van der Waals surface area contributed by atoms with Crippen LogP contribution in [-0.2, 0) is 0 Å². The molecule has 1 aliphatic heterocycles. The van der Waals surface area contributed by atoms with E-state index in [0.717, 1.165) is 0 Å². The van der Waals surface area contributed by atoms with E-state index in [1.54, 1.807) is 6.26 Å². The summed E-state index contributed by atoms with van der Waals surface area (Å²) < 4.78 is 0. The first-order chi connectivity index (χ1) is 5.65. The summed E-state index contributed by atoms with van der Waals surface area (Å²) in [7, 11) is 0. The number of rotatable bonds is 2. The lowest BCUT2D eigenvalue weighted by Crippen LogP contribution is -2.34. The highest BCUT2D eigenvalue weighted by atomic mass is 35.5. The van der Waals surface area contributed by atoms with Gasteiger partial charge in [-0.15, -0.1) is 11.8 Å². The first-order valence-corrected chi connectivity index (χ1v) is 4.75. The number of hydrogen-bond acceptors (Lipinski definition) is 5. The van der Waals surface area contributed by atoms with E-state index >= 15 is 0 Å². The van der Waals surface area contributed by atoms with E-state index in [0.29, 0.717) is 0 Å². The Hall–Kier alpha value is -0.620. The molecule has 1 aliphatic rings. The minimum atomic E-state index is -0.859. The van der Waals surface area contributed by atoms with Gasteiger partial charge >= 0.3 is 0 Å². The predicted octanol–water partition coefficient (Wildman–Crippen LogP) is 1.00. The highest BCUT2D eigenvalue weighted by Gasteiger charge is 2.31. The zero-order chi connectivity index (χ0) is 9.14. The van der Waals surface area contributed by atoms with Gasteiger partial charge in [-0.3, -0.25) is 10.1 Å². The van der Waals surface area contributed by atoms with E-state index in [1.807, 2.05) is 0 Å². The van der Waals surface area contributed by atoms with Gasteiger partial charge in [0.15, 0.2) is 5.37 Å². The maximum Gasteiger partial charge on any atom is 0.279 e. The molecule has 0 amide bonds. The quantitative estimate of drug-likeness (QED) is 0.385.